The van der Waals surface area contributed by atoms with Gasteiger partial charge < -0.3 is 0 Å². The molecule has 0 radical (unpaired) electrons. The van der Waals surface area contributed by atoms with Crippen molar-refractivity contribution in [1.82, 2.24) is 0 Å². The molecule has 0 bridgehead atoms. The average Bonchev–Trinajstić information content (AvgIpc) is 1.48. The number of fused-ring (bicyclic) bond motifs is 15. The topological polar surface area (TPSA) is 0 Å². The predicted octanol–water partition coefficient (Wildman–Crippen LogP) is 24.7. The summed E-state index contributed by atoms with van der Waals surface area (Å²) in [5, 5.41) is 12.6. The second-order valence-electron chi connectivity index (χ2n) is 30.8. The van der Waals surface area contributed by atoms with E-state index in [2.05, 4.69) is 350 Å². The van der Waals surface area contributed by atoms with Crippen molar-refractivity contribution in [1.29, 1.82) is 0 Å². The SMILES string of the molecule is CC(C)(C)c1ccc(C2(c3ccc(C(C)(C)C)cc3)c3cc(-c4cc5ccccc5c5ccccc45)ccc3-c3ccc4c(c32)C(c2ccc(C(C)(C)C)cc2)(c2ccc(C(C)(C)C)cc2)c2cc(-c3cc5ccccc5c5ccccc35)c3ccccc3c2-4)cc1. The smallest absolute Gasteiger partial charge is 0.0616 e. The third-order valence-corrected chi connectivity index (χ3v) is 21.3. The van der Waals surface area contributed by atoms with Crippen LogP contribution in [-0.2, 0) is 32.5 Å². The van der Waals surface area contributed by atoms with Gasteiger partial charge in [-0.2, -0.15) is 0 Å². The highest BCUT2D eigenvalue weighted by atomic mass is 14.6. The van der Waals surface area contributed by atoms with E-state index >= 15 is 0 Å². The summed E-state index contributed by atoms with van der Waals surface area (Å²) in [7, 11) is 0. The van der Waals surface area contributed by atoms with Crippen LogP contribution in [0.5, 0.6) is 0 Å². The molecule has 14 aromatic carbocycles. The van der Waals surface area contributed by atoms with E-state index in [0.29, 0.717) is 0 Å². The number of rotatable bonds is 6. The van der Waals surface area contributed by atoms with Crippen LogP contribution >= 0.6 is 0 Å². The summed E-state index contributed by atoms with van der Waals surface area (Å²) in [6, 6.07) is 105. The van der Waals surface area contributed by atoms with Gasteiger partial charge in [0.25, 0.3) is 0 Å². The van der Waals surface area contributed by atoms with Gasteiger partial charge in [-0.15, -0.1) is 0 Å². The molecule has 92 heavy (non-hydrogen) atoms. The summed E-state index contributed by atoms with van der Waals surface area (Å²) in [5.41, 5.74) is 23.6. The Morgan fingerprint density at radius 1 is 0.217 bits per heavy atom. The van der Waals surface area contributed by atoms with Crippen LogP contribution in [-0.4, -0.2) is 0 Å². The molecule has 0 atom stereocenters. The maximum Gasteiger partial charge on any atom is 0.0717 e. The van der Waals surface area contributed by atoms with Gasteiger partial charge in [0.05, 0.1) is 10.8 Å². The Hall–Kier alpha value is -9.62. The summed E-state index contributed by atoms with van der Waals surface area (Å²) in [6.45, 7) is 28.1. The fraction of sp³-hybridized carbons (Fsp3) is 0.196. The minimum atomic E-state index is -0.865. The lowest BCUT2D eigenvalue weighted by Gasteiger charge is -2.41. The Labute approximate surface area is 544 Å². The van der Waals surface area contributed by atoms with Crippen molar-refractivity contribution in [3.8, 4) is 44.5 Å². The van der Waals surface area contributed by atoms with Gasteiger partial charge in [0.2, 0.25) is 0 Å². The van der Waals surface area contributed by atoms with Crippen molar-refractivity contribution in [2.24, 2.45) is 0 Å². The molecule has 0 spiro atoms. The minimum absolute atomic E-state index is 0.0680. The molecule has 0 unspecified atom stereocenters. The zero-order valence-corrected chi connectivity index (χ0v) is 55.4. The van der Waals surface area contributed by atoms with Crippen molar-refractivity contribution in [2.75, 3.05) is 0 Å². The van der Waals surface area contributed by atoms with Gasteiger partial charge in [-0.3, -0.25) is 0 Å². The second-order valence-corrected chi connectivity index (χ2v) is 30.8. The molecule has 16 rings (SSSR count). The first-order valence-electron chi connectivity index (χ1n) is 33.3. The highest BCUT2D eigenvalue weighted by Gasteiger charge is 2.56. The molecule has 2 aliphatic carbocycles. The number of benzene rings is 14. The molecule has 0 N–H and O–H groups in total. The van der Waals surface area contributed by atoms with E-state index in [4.69, 9.17) is 0 Å². The molecular weight excluding hydrogens is 1110 g/mol. The number of hydrogen-bond donors (Lipinski definition) is 0. The zero-order valence-electron chi connectivity index (χ0n) is 55.4. The largest absolute Gasteiger partial charge is 0.0717 e. The molecule has 14 aromatic rings. The first-order valence-corrected chi connectivity index (χ1v) is 33.3. The number of hydrogen-bond acceptors (Lipinski definition) is 0. The third kappa shape index (κ3) is 8.55. The Kier molecular flexibility index (Phi) is 12.8. The molecule has 0 heteroatoms. The average molecular weight is 1190 g/mol. The van der Waals surface area contributed by atoms with Gasteiger partial charge >= 0.3 is 0 Å². The minimum Gasteiger partial charge on any atom is -0.0616 e. The molecule has 2 aliphatic rings. The Morgan fingerprint density at radius 3 is 0.967 bits per heavy atom. The van der Waals surface area contributed by atoms with E-state index in [0.717, 1.165) is 0 Å². The molecule has 0 aliphatic heterocycles. The normalized spacial score (nSPS) is 14.3. The Balaban J connectivity index is 1.12. The second kappa shape index (κ2) is 20.4. The summed E-state index contributed by atoms with van der Waals surface area (Å²) >= 11 is 0. The summed E-state index contributed by atoms with van der Waals surface area (Å²) in [4.78, 5) is 0. The van der Waals surface area contributed by atoms with E-state index in [1.165, 1.54) is 165 Å². The van der Waals surface area contributed by atoms with Crippen molar-refractivity contribution >= 4 is 53.9 Å². The van der Waals surface area contributed by atoms with Crippen LogP contribution in [0.15, 0.2) is 267 Å². The van der Waals surface area contributed by atoms with Gasteiger partial charge in [0.15, 0.2) is 0 Å². The van der Waals surface area contributed by atoms with Crippen LogP contribution in [0.25, 0.3) is 98.4 Å². The third-order valence-electron chi connectivity index (χ3n) is 21.3. The lowest BCUT2D eigenvalue weighted by molar-refractivity contribution is 0.587. The lowest BCUT2D eigenvalue weighted by atomic mass is 9.59. The van der Waals surface area contributed by atoms with Gasteiger partial charge in [-0.25, -0.2) is 0 Å². The van der Waals surface area contributed by atoms with Crippen molar-refractivity contribution in [3.63, 3.8) is 0 Å². The molecular formula is C92H80. The zero-order chi connectivity index (χ0) is 63.4. The summed E-state index contributed by atoms with van der Waals surface area (Å²) in [6.07, 6.45) is 0. The molecule has 0 fully saturated rings. The van der Waals surface area contributed by atoms with E-state index in [-0.39, 0.29) is 21.7 Å². The molecule has 448 valence electrons. The fourth-order valence-electron chi connectivity index (χ4n) is 16.5. The molecule has 0 aromatic heterocycles. The molecule has 0 nitrogen and oxygen atoms in total. The monoisotopic (exact) mass is 1180 g/mol. The van der Waals surface area contributed by atoms with Gasteiger partial charge in [0, 0.05) is 0 Å². The van der Waals surface area contributed by atoms with Crippen LogP contribution in [0.4, 0.5) is 0 Å². The van der Waals surface area contributed by atoms with E-state index in [9.17, 15) is 0 Å². The molecule has 0 saturated heterocycles. The van der Waals surface area contributed by atoms with Crippen LogP contribution in [0.2, 0.25) is 0 Å². The van der Waals surface area contributed by atoms with E-state index in [1.807, 2.05) is 0 Å². The van der Waals surface area contributed by atoms with Gasteiger partial charge in [0.1, 0.15) is 0 Å². The lowest BCUT2D eigenvalue weighted by Crippen LogP contribution is -2.36. The van der Waals surface area contributed by atoms with Gasteiger partial charge in [-0.05, 0) is 211 Å². The maximum atomic E-state index is 2.67. The standard InChI is InChI=1S/C92H80/c1-87(2,3)60-34-42-64(43-35-60)91(65-44-36-61(37-45-65)88(4,5)6)82-55-59(79-53-57-23-13-15-25-68(57)70-27-17-19-29-72(70)79)33-50-75(82)77-51-52-78-84-76-32-22-21-31-74(76)81(80-54-58-24-14-16-26-69(58)71-28-18-20-30-73(71)80)56-83(84)92(86(78)85(77)91,66-46-38-62(39-47-66)89(7,8)9)67-48-40-63(41-49-67)90(10,11)12/h13-56H,1-12H3. The summed E-state index contributed by atoms with van der Waals surface area (Å²) in [5.74, 6) is 0. The first-order chi connectivity index (χ1) is 44.1. The van der Waals surface area contributed by atoms with Crippen LogP contribution in [0.1, 0.15) is 150 Å². The van der Waals surface area contributed by atoms with Crippen LogP contribution < -0.4 is 0 Å². The highest BCUT2D eigenvalue weighted by Crippen LogP contribution is 2.68. The van der Waals surface area contributed by atoms with Crippen LogP contribution in [0, 0.1) is 0 Å². The summed E-state index contributed by atoms with van der Waals surface area (Å²) < 4.78 is 0. The Morgan fingerprint density at radius 2 is 0.533 bits per heavy atom. The molecule has 0 saturated carbocycles. The highest BCUT2D eigenvalue weighted by molar-refractivity contribution is 6.19. The Bertz CT molecular complexity index is 5200. The maximum absolute atomic E-state index is 2.67. The van der Waals surface area contributed by atoms with Crippen molar-refractivity contribution < 1.29 is 0 Å². The fourth-order valence-corrected chi connectivity index (χ4v) is 16.5. The predicted molar refractivity (Wildman–Crippen MR) is 394 cm³/mol. The molecule has 0 heterocycles. The van der Waals surface area contributed by atoms with Crippen molar-refractivity contribution in [3.05, 3.63) is 334 Å². The van der Waals surface area contributed by atoms with Crippen LogP contribution in [0.3, 0.4) is 0 Å². The van der Waals surface area contributed by atoms with E-state index in [1.54, 1.807) is 0 Å². The quantitative estimate of drug-likeness (QED) is 0.146. The van der Waals surface area contributed by atoms with E-state index < -0.39 is 10.8 Å². The van der Waals surface area contributed by atoms with Gasteiger partial charge in [-0.1, -0.05) is 326 Å². The van der Waals surface area contributed by atoms with Crippen molar-refractivity contribution in [2.45, 2.75) is 116 Å². The first kappa shape index (κ1) is 57.5. The molecule has 0 amide bonds.